The highest BCUT2D eigenvalue weighted by Crippen LogP contribution is 2.18. The van der Waals surface area contributed by atoms with Gasteiger partial charge in [-0.05, 0) is 23.2 Å². The van der Waals surface area contributed by atoms with Crippen LogP contribution < -0.4 is 0 Å². The van der Waals surface area contributed by atoms with Crippen molar-refractivity contribution in [3.05, 3.63) is 45.8 Å². The van der Waals surface area contributed by atoms with Crippen molar-refractivity contribution in [2.45, 2.75) is 13.0 Å². The van der Waals surface area contributed by atoms with E-state index < -0.39 is 17.7 Å². The van der Waals surface area contributed by atoms with Crippen LogP contribution in [0.15, 0.2) is 23.3 Å². The van der Waals surface area contributed by atoms with Crippen LogP contribution in [0.3, 0.4) is 0 Å². The van der Waals surface area contributed by atoms with Gasteiger partial charge in [0, 0.05) is 11.0 Å². The highest BCUT2D eigenvalue weighted by molar-refractivity contribution is 5.20. The van der Waals surface area contributed by atoms with E-state index in [1.165, 1.54) is 0 Å². The molecule has 1 aromatic rings. The van der Waals surface area contributed by atoms with E-state index in [9.17, 15) is 8.78 Å². The largest absolute Gasteiger partial charge is 0.207 e. The van der Waals surface area contributed by atoms with Crippen LogP contribution in [0.5, 0.6) is 0 Å². The minimum absolute atomic E-state index is 0.329. The number of rotatable bonds is 2. The highest BCUT2D eigenvalue weighted by atomic mass is 19.1. The van der Waals surface area contributed by atoms with Crippen LogP contribution in [-0.4, -0.2) is 0 Å². The summed E-state index contributed by atoms with van der Waals surface area (Å²) in [6.07, 6.45) is 0. The molecule has 1 aromatic carbocycles. The molecule has 0 N–H and O–H groups in total. The van der Waals surface area contributed by atoms with Gasteiger partial charge < -0.3 is 0 Å². The van der Waals surface area contributed by atoms with Crippen LogP contribution in [0.4, 0.5) is 8.78 Å². The van der Waals surface area contributed by atoms with Crippen LogP contribution in [0.25, 0.3) is 10.4 Å². The molecule has 5 heteroatoms. The van der Waals surface area contributed by atoms with E-state index in [0.717, 1.165) is 18.2 Å². The number of hydrogen-bond acceptors (Lipinski definition) is 1. The van der Waals surface area contributed by atoms with Gasteiger partial charge in [-0.25, -0.2) is 8.78 Å². The Labute approximate surface area is 73.6 Å². The quantitative estimate of drug-likeness (QED) is 0.383. The van der Waals surface area contributed by atoms with Crippen LogP contribution in [0.2, 0.25) is 0 Å². The molecule has 0 heterocycles. The molecule has 0 bridgehead atoms. The Bertz CT molecular complexity index is 338. The lowest BCUT2D eigenvalue weighted by Crippen LogP contribution is -1.91. The zero-order chi connectivity index (χ0) is 9.84. The molecule has 0 saturated carbocycles. The van der Waals surface area contributed by atoms with E-state index in [0.29, 0.717) is 5.56 Å². The van der Waals surface area contributed by atoms with Gasteiger partial charge >= 0.3 is 0 Å². The Hall–Kier alpha value is -1.61. The van der Waals surface area contributed by atoms with Gasteiger partial charge in [-0.1, -0.05) is 12.0 Å². The molecular formula is C8H7F2N3. The third kappa shape index (κ3) is 2.42. The van der Waals surface area contributed by atoms with Crippen molar-refractivity contribution in [3.63, 3.8) is 0 Å². The molecule has 0 saturated heterocycles. The average molecular weight is 183 g/mol. The molecule has 0 unspecified atom stereocenters. The molecule has 3 nitrogen and oxygen atoms in total. The maximum Gasteiger partial charge on any atom is 0.126 e. The molecule has 1 atom stereocenters. The second kappa shape index (κ2) is 3.87. The summed E-state index contributed by atoms with van der Waals surface area (Å²) in [5, 5.41) is 3.32. The number of benzene rings is 1. The summed E-state index contributed by atoms with van der Waals surface area (Å²) in [5.74, 6) is -1.34. The molecule has 0 radical (unpaired) electrons. The number of azide groups is 1. The fourth-order valence-corrected chi connectivity index (χ4v) is 0.960. The van der Waals surface area contributed by atoms with Gasteiger partial charge in [-0.3, -0.25) is 0 Å². The van der Waals surface area contributed by atoms with Gasteiger partial charge in [0.15, 0.2) is 0 Å². The van der Waals surface area contributed by atoms with Gasteiger partial charge in [0.25, 0.3) is 0 Å². The Morgan fingerprint density at radius 3 is 2.31 bits per heavy atom. The molecule has 13 heavy (non-hydrogen) atoms. The summed E-state index contributed by atoms with van der Waals surface area (Å²) in [6.45, 7) is 1.56. The zero-order valence-corrected chi connectivity index (χ0v) is 6.91. The first-order valence-electron chi connectivity index (χ1n) is 3.63. The average Bonchev–Trinajstić information content (AvgIpc) is 2.03. The monoisotopic (exact) mass is 183 g/mol. The third-order valence-electron chi connectivity index (χ3n) is 1.59. The molecule has 0 aromatic heterocycles. The predicted molar refractivity (Wildman–Crippen MR) is 43.9 cm³/mol. The maximum absolute atomic E-state index is 12.7. The molecule has 0 fully saturated rings. The minimum Gasteiger partial charge on any atom is -0.207 e. The normalized spacial score (nSPS) is 11.9. The molecule has 68 valence electrons. The van der Waals surface area contributed by atoms with Crippen molar-refractivity contribution in [2.75, 3.05) is 0 Å². The molecule has 0 aliphatic rings. The van der Waals surface area contributed by atoms with Gasteiger partial charge in [0.2, 0.25) is 0 Å². The fraction of sp³-hybridized carbons (Fsp3) is 0.250. The van der Waals surface area contributed by atoms with Crippen LogP contribution in [0, 0.1) is 11.6 Å². The van der Waals surface area contributed by atoms with Crippen molar-refractivity contribution in [3.8, 4) is 0 Å². The van der Waals surface area contributed by atoms with Crippen molar-refractivity contribution in [1.82, 2.24) is 0 Å². The van der Waals surface area contributed by atoms with E-state index in [2.05, 4.69) is 10.0 Å². The number of hydrogen-bond donors (Lipinski definition) is 0. The molecule has 1 rings (SSSR count). The molecule has 0 spiro atoms. The number of nitrogens with zero attached hydrogens (tertiary/aromatic N) is 3. The SMILES string of the molecule is C[C@@H](N=[N+]=[N-])c1cc(F)cc(F)c1. The summed E-state index contributed by atoms with van der Waals surface area (Å²) in [7, 11) is 0. The van der Waals surface area contributed by atoms with Crippen LogP contribution in [-0.2, 0) is 0 Å². The summed E-state index contributed by atoms with van der Waals surface area (Å²) >= 11 is 0. The first-order valence-corrected chi connectivity index (χ1v) is 3.63. The maximum atomic E-state index is 12.7. The Morgan fingerprint density at radius 1 is 1.31 bits per heavy atom. The van der Waals surface area contributed by atoms with Crippen LogP contribution >= 0.6 is 0 Å². The topological polar surface area (TPSA) is 48.8 Å². The van der Waals surface area contributed by atoms with Crippen molar-refractivity contribution >= 4 is 0 Å². The van der Waals surface area contributed by atoms with E-state index >= 15 is 0 Å². The standard InChI is InChI=1S/C8H7F2N3/c1-5(12-13-11)6-2-7(9)4-8(10)3-6/h2-5H,1H3/t5-/m1/s1. The Morgan fingerprint density at radius 2 is 1.85 bits per heavy atom. The first kappa shape index (κ1) is 9.48. The lowest BCUT2D eigenvalue weighted by molar-refractivity contribution is 0.576. The Kier molecular flexibility index (Phi) is 2.82. The predicted octanol–water partition coefficient (Wildman–Crippen LogP) is 3.34. The molecule has 0 aliphatic carbocycles. The summed E-state index contributed by atoms with van der Waals surface area (Å²) in [6, 6.07) is 2.49. The van der Waals surface area contributed by atoms with E-state index in [1.807, 2.05) is 0 Å². The van der Waals surface area contributed by atoms with E-state index in [4.69, 9.17) is 5.53 Å². The van der Waals surface area contributed by atoms with Crippen molar-refractivity contribution in [2.24, 2.45) is 5.11 Å². The lowest BCUT2D eigenvalue weighted by atomic mass is 10.1. The molecule has 0 aliphatic heterocycles. The lowest BCUT2D eigenvalue weighted by Gasteiger charge is -2.04. The van der Waals surface area contributed by atoms with Gasteiger partial charge in [0.05, 0.1) is 6.04 Å². The van der Waals surface area contributed by atoms with Crippen LogP contribution in [0.1, 0.15) is 18.5 Å². The second-order valence-electron chi connectivity index (χ2n) is 2.58. The van der Waals surface area contributed by atoms with Crippen molar-refractivity contribution in [1.29, 1.82) is 0 Å². The fourth-order valence-electron chi connectivity index (χ4n) is 0.960. The Balaban J connectivity index is 3.07. The summed E-state index contributed by atoms with van der Waals surface area (Å²) in [5.41, 5.74) is 8.44. The first-order chi connectivity index (χ1) is 6.13. The smallest absolute Gasteiger partial charge is 0.126 e. The van der Waals surface area contributed by atoms with E-state index in [1.54, 1.807) is 6.92 Å². The minimum atomic E-state index is -0.671. The zero-order valence-electron chi connectivity index (χ0n) is 6.91. The van der Waals surface area contributed by atoms with E-state index in [-0.39, 0.29) is 0 Å². The highest BCUT2D eigenvalue weighted by Gasteiger charge is 2.06. The third-order valence-corrected chi connectivity index (χ3v) is 1.59. The van der Waals surface area contributed by atoms with Gasteiger partial charge in [-0.15, -0.1) is 0 Å². The second-order valence-corrected chi connectivity index (χ2v) is 2.58. The summed E-state index contributed by atoms with van der Waals surface area (Å²) in [4.78, 5) is 2.55. The van der Waals surface area contributed by atoms with Crippen molar-refractivity contribution < 1.29 is 8.78 Å². The summed E-state index contributed by atoms with van der Waals surface area (Å²) < 4.78 is 25.3. The van der Waals surface area contributed by atoms with Gasteiger partial charge in [-0.2, -0.15) is 0 Å². The molecular weight excluding hydrogens is 176 g/mol. The number of halogens is 2. The molecule has 0 amide bonds. The van der Waals surface area contributed by atoms with Gasteiger partial charge in [0.1, 0.15) is 11.6 Å².